The molecule has 2 aromatic carbocycles. The van der Waals surface area contributed by atoms with Crippen LogP contribution in [0.3, 0.4) is 0 Å². The Bertz CT molecular complexity index is 1680. The molecular formula is C31H23Cl2FN2O5S. The minimum Gasteiger partial charge on any atom is -0.508 e. The summed E-state index contributed by atoms with van der Waals surface area (Å²) in [6.07, 6.45) is 1.98. The van der Waals surface area contributed by atoms with Crippen molar-refractivity contribution in [1.29, 1.82) is 0 Å². The van der Waals surface area contributed by atoms with Crippen LogP contribution < -0.4 is 4.90 Å². The standard InChI is InChI=1S/C31H23Cl2FN2O5S/c32-30-14-23-21(11-12-22-24(23)27(39)35(26(22)38)15-20-2-1-13-42-20)25(16-3-9-19(37)10-4-16)31(30,33)29(41)36(28(30)40)18-7-5-17(34)6-8-18/h1-11,13,22-25,37H,12,14-15H2/t22-,23+,24-,25-,30+,31-/m0/s1. The summed E-state index contributed by atoms with van der Waals surface area (Å²) in [5.41, 5.74) is 1.31. The fourth-order valence-corrected chi connectivity index (χ4v) is 8.85. The second kappa shape index (κ2) is 9.49. The molecule has 3 fully saturated rings. The number of allylic oxidation sites excluding steroid dienone is 2. The highest BCUT2D eigenvalue weighted by molar-refractivity contribution is 7.09. The molecule has 2 aliphatic carbocycles. The maximum absolute atomic E-state index is 14.3. The van der Waals surface area contributed by atoms with Crippen molar-refractivity contribution < 1.29 is 28.7 Å². The largest absolute Gasteiger partial charge is 0.508 e. The molecule has 3 heterocycles. The first kappa shape index (κ1) is 27.3. The predicted octanol–water partition coefficient (Wildman–Crippen LogP) is 5.36. The molecule has 7 rings (SSSR count). The van der Waals surface area contributed by atoms with Gasteiger partial charge < -0.3 is 5.11 Å². The van der Waals surface area contributed by atoms with Crippen molar-refractivity contribution in [2.75, 3.05) is 4.90 Å². The highest BCUT2D eigenvalue weighted by Crippen LogP contribution is 2.65. The van der Waals surface area contributed by atoms with Crippen LogP contribution >= 0.6 is 34.5 Å². The molecule has 0 unspecified atom stereocenters. The number of rotatable bonds is 4. The van der Waals surface area contributed by atoms with Crippen molar-refractivity contribution in [3.8, 4) is 5.75 Å². The van der Waals surface area contributed by atoms with Crippen molar-refractivity contribution in [2.24, 2.45) is 17.8 Å². The minimum absolute atomic E-state index is 0.00731. The summed E-state index contributed by atoms with van der Waals surface area (Å²) in [6.45, 7) is 0.160. The maximum Gasteiger partial charge on any atom is 0.258 e. The van der Waals surface area contributed by atoms with E-state index in [1.807, 2.05) is 23.6 Å². The second-order valence-corrected chi connectivity index (χ2v) is 13.5. The van der Waals surface area contributed by atoms with Crippen molar-refractivity contribution >= 4 is 63.9 Å². The molecule has 11 heteroatoms. The van der Waals surface area contributed by atoms with Crippen LogP contribution in [0.2, 0.25) is 0 Å². The van der Waals surface area contributed by atoms with Crippen LogP contribution in [0.4, 0.5) is 10.1 Å². The van der Waals surface area contributed by atoms with Crippen LogP contribution in [-0.4, -0.2) is 43.4 Å². The van der Waals surface area contributed by atoms with E-state index in [0.717, 1.165) is 21.9 Å². The van der Waals surface area contributed by atoms with E-state index < -0.39 is 51.1 Å². The number of phenols is 1. The molecule has 42 heavy (non-hydrogen) atoms. The third kappa shape index (κ3) is 3.63. The van der Waals surface area contributed by atoms with Gasteiger partial charge in [-0.1, -0.05) is 29.8 Å². The van der Waals surface area contributed by atoms with Crippen molar-refractivity contribution in [2.45, 2.75) is 35.1 Å². The molecule has 1 saturated carbocycles. The molecule has 7 nitrogen and oxygen atoms in total. The molecule has 214 valence electrons. The van der Waals surface area contributed by atoms with Gasteiger partial charge in [-0.05, 0) is 72.2 Å². The molecule has 1 aromatic heterocycles. The van der Waals surface area contributed by atoms with E-state index in [9.17, 15) is 28.7 Å². The van der Waals surface area contributed by atoms with Crippen LogP contribution in [0.15, 0.2) is 77.7 Å². The van der Waals surface area contributed by atoms with Crippen LogP contribution in [0, 0.1) is 23.6 Å². The quantitative estimate of drug-likeness (QED) is 0.240. The van der Waals surface area contributed by atoms with Gasteiger partial charge in [0, 0.05) is 10.8 Å². The number of carbonyl (C=O) groups is 4. The lowest BCUT2D eigenvalue weighted by atomic mass is 9.56. The zero-order valence-electron chi connectivity index (χ0n) is 21.9. The number of carbonyl (C=O) groups excluding carboxylic acids is 4. The Labute approximate surface area is 254 Å². The molecule has 6 atom stereocenters. The zero-order valence-corrected chi connectivity index (χ0v) is 24.2. The summed E-state index contributed by atoms with van der Waals surface area (Å²) in [5.74, 6) is -5.71. The van der Waals surface area contributed by atoms with Gasteiger partial charge in [0.1, 0.15) is 11.6 Å². The van der Waals surface area contributed by atoms with Gasteiger partial charge in [-0.2, -0.15) is 0 Å². The number of benzene rings is 2. The molecule has 2 saturated heterocycles. The molecule has 0 bridgehead atoms. The number of fused-ring (bicyclic) bond motifs is 4. The smallest absolute Gasteiger partial charge is 0.258 e. The number of imide groups is 2. The maximum atomic E-state index is 14.3. The van der Waals surface area contributed by atoms with Gasteiger partial charge in [-0.25, -0.2) is 9.29 Å². The van der Waals surface area contributed by atoms with Crippen molar-refractivity contribution in [3.63, 3.8) is 0 Å². The summed E-state index contributed by atoms with van der Waals surface area (Å²) in [5, 5.41) is 11.9. The van der Waals surface area contributed by atoms with Gasteiger partial charge in [0.2, 0.25) is 11.8 Å². The van der Waals surface area contributed by atoms with Gasteiger partial charge in [0.25, 0.3) is 11.8 Å². The first-order chi connectivity index (χ1) is 20.1. The number of hydrogen-bond acceptors (Lipinski definition) is 6. The number of anilines is 1. The normalized spacial score (nSPS) is 32.1. The van der Waals surface area contributed by atoms with E-state index in [-0.39, 0.29) is 42.6 Å². The molecule has 3 aromatic rings. The monoisotopic (exact) mass is 624 g/mol. The number of amides is 4. The van der Waals surface area contributed by atoms with Crippen LogP contribution in [0.1, 0.15) is 29.2 Å². The van der Waals surface area contributed by atoms with Crippen LogP contribution in [0.5, 0.6) is 5.75 Å². The Morgan fingerprint density at radius 1 is 0.929 bits per heavy atom. The minimum atomic E-state index is -2.01. The molecule has 0 radical (unpaired) electrons. The fourth-order valence-electron chi connectivity index (χ4n) is 7.22. The number of nitrogens with zero attached hydrogens (tertiary/aromatic N) is 2. The van der Waals surface area contributed by atoms with Crippen LogP contribution in [-0.2, 0) is 25.7 Å². The summed E-state index contributed by atoms with van der Waals surface area (Å²) in [7, 11) is 0. The van der Waals surface area contributed by atoms with Gasteiger partial charge in [0.15, 0.2) is 9.75 Å². The third-order valence-electron chi connectivity index (χ3n) is 9.11. The van der Waals surface area contributed by atoms with E-state index in [2.05, 4.69) is 0 Å². The molecule has 4 aliphatic rings. The molecule has 4 amide bonds. The Kier molecular flexibility index (Phi) is 6.17. The SMILES string of the molecule is O=C1[C@H]2[C@H](CC=C3[C@H]2C[C@@]2(Cl)C(=O)N(c4ccc(F)cc4)C(=O)[C@@]2(Cl)[C@H]3c2ccc(O)cc2)C(=O)N1Cc1cccs1. The average Bonchev–Trinajstić information content (AvgIpc) is 3.61. The van der Waals surface area contributed by atoms with Gasteiger partial charge >= 0.3 is 0 Å². The summed E-state index contributed by atoms with van der Waals surface area (Å²) >= 11 is 16.0. The lowest BCUT2D eigenvalue weighted by molar-refractivity contribution is -0.141. The molecular weight excluding hydrogens is 602 g/mol. The second-order valence-electron chi connectivity index (χ2n) is 11.2. The van der Waals surface area contributed by atoms with E-state index in [0.29, 0.717) is 11.1 Å². The molecule has 0 spiro atoms. The zero-order chi connectivity index (χ0) is 29.6. The van der Waals surface area contributed by atoms with Gasteiger partial charge in [-0.15, -0.1) is 34.5 Å². The van der Waals surface area contributed by atoms with E-state index >= 15 is 0 Å². The summed E-state index contributed by atoms with van der Waals surface area (Å²) < 4.78 is 13.7. The number of aromatic hydroxyl groups is 1. The number of hydrogen-bond donors (Lipinski definition) is 1. The first-order valence-corrected chi connectivity index (χ1v) is 15.1. The van der Waals surface area contributed by atoms with Crippen molar-refractivity contribution in [3.05, 3.63) is 94.0 Å². The lowest BCUT2D eigenvalue weighted by Gasteiger charge is -2.50. The fraction of sp³-hybridized carbons (Fsp3) is 0.290. The van der Waals surface area contributed by atoms with Gasteiger partial charge in [0.05, 0.1) is 24.1 Å². The summed E-state index contributed by atoms with van der Waals surface area (Å²) in [4.78, 5) is 54.9. The van der Waals surface area contributed by atoms with E-state index in [1.165, 1.54) is 40.5 Å². The topological polar surface area (TPSA) is 95.0 Å². The number of thiophene rings is 1. The van der Waals surface area contributed by atoms with Gasteiger partial charge in [-0.3, -0.25) is 24.1 Å². The predicted molar refractivity (Wildman–Crippen MR) is 155 cm³/mol. The number of likely N-dealkylation sites (tertiary alicyclic amines) is 1. The Hall–Kier alpha value is -3.53. The average molecular weight is 626 g/mol. The Morgan fingerprint density at radius 2 is 1.64 bits per heavy atom. The number of phenolic OH excluding ortho intramolecular Hbond substituents is 1. The van der Waals surface area contributed by atoms with Crippen molar-refractivity contribution in [1.82, 2.24) is 4.90 Å². The highest BCUT2D eigenvalue weighted by atomic mass is 35.5. The highest BCUT2D eigenvalue weighted by Gasteiger charge is 2.76. The number of halogens is 3. The summed E-state index contributed by atoms with van der Waals surface area (Å²) in [6, 6.07) is 14.7. The van der Waals surface area contributed by atoms with E-state index in [1.54, 1.807) is 12.1 Å². The first-order valence-electron chi connectivity index (χ1n) is 13.4. The lowest BCUT2D eigenvalue weighted by Crippen LogP contribution is -2.60. The Morgan fingerprint density at radius 3 is 2.31 bits per heavy atom. The number of alkyl halides is 2. The Balaban J connectivity index is 1.37. The third-order valence-corrected chi connectivity index (χ3v) is 11.4. The molecule has 1 N–H and O–H groups in total. The van der Waals surface area contributed by atoms with E-state index in [4.69, 9.17) is 23.2 Å². The van der Waals surface area contributed by atoms with Crippen LogP contribution in [0.25, 0.3) is 0 Å². The molecule has 2 aliphatic heterocycles.